The number of thiophene rings is 4. The van der Waals surface area contributed by atoms with Crippen LogP contribution >= 0.6 is 45.3 Å². The molecule has 10 rings (SSSR count). The van der Waals surface area contributed by atoms with Gasteiger partial charge in [-0.15, -0.1) is 45.3 Å². The number of nitrogens with two attached hydrogens (primary N) is 7. The predicted octanol–water partition coefficient (Wildman–Crippen LogP) is 5.44. The number of fused-ring (bicyclic) bond motifs is 4. The molecule has 0 saturated carbocycles. The zero-order chi connectivity index (χ0) is 66.5. The summed E-state index contributed by atoms with van der Waals surface area (Å²) in [5.41, 5.74) is 39.9. The Balaban J connectivity index is 0.000000206. The standard InChI is InChI=1S/C16H15N3O3S.C14H12N4OS.C9H6F3N3O4S2.C8H7N3O2S.C2HF3O2.C2H4O2/c1-21-10-4-2-9(3-5-10)8-22-11-6-7-19-16-12(11)13(17)14(23-16)15(18)20;15-11-10-9(18-8-4-2-1-3-5-8)6-7-17-14(10)20-12(11)13(16)19;10-9(11,12)21(17,18)19-3-1-2-15-8-4(3)5(13)6(20-8)7(14)16;9-5-4-3(12)1-2-11-8(4)14-6(5)7(10)13;3-2(4,5)1(6)7;1-2(3)4/h2-7H,8,17H2,1H3,(H2,18,20);1-7H,15H2,(H2,16,19)(H,17,18);1-2H,13H2,(H2,14,16);1-2H,9H2,(H2,10,13)(H,11,12);(H,6,7);1H3,(H,3,4). The Morgan fingerprint density at radius 2 is 1.10 bits per heavy atom. The molecule has 20 N–H and O–H groups in total. The van der Waals surface area contributed by atoms with E-state index in [1.807, 2.05) is 60.7 Å². The van der Waals surface area contributed by atoms with E-state index in [1.165, 1.54) is 34.9 Å². The number of methoxy groups -OCH3 is 1. The van der Waals surface area contributed by atoms with E-state index in [0.29, 0.717) is 75.0 Å². The number of para-hydroxylation sites is 1. The summed E-state index contributed by atoms with van der Waals surface area (Å²) in [5.74, 6) is -5.54. The molecular weight excluding hydrogens is 1290 g/mol. The molecule has 0 spiro atoms. The third kappa shape index (κ3) is 17.6. The summed E-state index contributed by atoms with van der Waals surface area (Å²) in [7, 11) is -4.24. The molecular formula is C51H45F6N13O14S5. The van der Waals surface area contributed by atoms with Gasteiger partial charge in [0.05, 0.1) is 57.1 Å². The summed E-state index contributed by atoms with van der Waals surface area (Å²) >= 11 is 4.24. The zero-order valence-corrected chi connectivity index (χ0v) is 49.3. The summed E-state index contributed by atoms with van der Waals surface area (Å²) in [6, 6.07) is 23.1. The first-order valence-corrected chi connectivity index (χ1v) is 28.5. The molecule has 0 bridgehead atoms. The van der Waals surface area contributed by atoms with Gasteiger partial charge >= 0.3 is 33.7 Å². The van der Waals surface area contributed by atoms with Gasteiger partial charge in [-0.1, -0.05) is 30.3 Å². The molecule has 0 aliphatic rings. The summed E-state index contributed by atoms with van der Waals surface area (Å²) in [6.07, 6.45) is 0.753. The number of benzene rings is 2. The van der Waals surface area contributed by atoms with Gasteiger partial charge in [0.15, 0.2) is 16.1 Å². The number of halogens is 6. The Morgan fingerprint density at radius 3 is 1.54 bits per heavy atom. The van der Waals surface area contributed by atoms with E-state index in [1.54, 1.807) is 25.6 Å². The highest BCUT2D eigenvalue weighted by Gasteiger charge is 2.49. The lowest BCUT2D eigenvalue weighted by Gasteiger charge is -2.10. The maximum absolute atomic E-state index is 12.3. The summed E-state index contributed by atoms with van der Waals surface area (Å²) < 4.78 is 106. The second-order valence-electron chi connectivity index (χ2n) is 16.9. The van der Waals surface area contributed by atoms with Crippen LogP contribution in [0.2, 0.25) is 0 Å². The van der Waals surface area contributed by atoms with E-state index in [0.717, 1.165) is 58.6 Å². The Morgan fingerprint density at radius 1 is 0.663 bits per heavy atom. The van der Waals surface area contributed by atoms with Crippen LogP contribution in [0.5, 0.6) is 17.2 Å². The molecule has 4 amide bonds. The number of nitrogens with one attached hydrogen (secondary N) is 2. The molecule has 38 heteroatoms. The lowest BCUT2D eigenvalue weighted by Crippen LogP contribution is -2.56. The number of pyridine rings is 4. The van der Waals surface area contributed by atoms with E-state index in [9.17, 15) is 58.7 Å². The number of aromatic amines is 1. The highest BCUT2D eigenvalue weighted by Crippen LogP contribution is 2.42. The first-order chi connectivity index (χ1) is 41.6. The molecule has 0 saturated heterocycles. The van der Waals surface area contributed by atoms with Crippen LogP contribution in [0.1, 0.15) is 51.2 Å². The number of hydrogen-bond acceptors (Lipinski definition) is 25. The largest absolute Gasteiger partial charge is 0.550 e. The van der Waals surface area contributed by atoms with Gasteiger partial charge in [0, 0.05) is 48.6 Å². The molecule has 0 aliphatic heterocycles. The minimum atomic E-state index is -5.86. The van der Waals surface area contributed by atoms with Crippen molar-refractivity contribution in [3.8, 4) is 17.2 Å². The minimum absolute atomic E-state index is 0.0242. The fraction of sp³-hybridized carbons (Fsp3) is 0.0980. The number of rotatable bonds is 12. The van der Waals surface area contributed by atoms with Crippen molar-refractivity contribution in [1.29, 1.82) is 0 Å². The molecule has 2 aromatic carbocycles. The number of ether oxygens (including phenoxy) is 2. The SMILES string of the molecule is CC(=O)[O-].COc1ccc(COc2ccnc3sc(C(N)=O)c(N)c23)cc1.NC(=O)c1sc2nccc(Nc3ccccc3)c2c1N.NC(=O)c1sc2nccc(OS(=O)(=O)C(F)(F)F)c2c1N.Nc1c(C([NH3+])=O)sc2[nH]ccc(=O)c12.O=C(O)C(F)(F)F. The average Bonchev–Trinajstić information content (AvgIpc) is 2.34. The number of alkyl halides is 6. The summed E-state index contributed by atoms with van der Waals surface area (Å²) in [5, 5.41) is 20.8. The Hall–Kier alpha value is -10.4. The Kier molecular flexibility index (Phi) is 22.9. The molecule has 89 heavy (non-hydrogen) atoms. The van der Waals surface area contributed by atoms with Crippen molar-refractivity contribution in [1.82, 2.24) is 19.9 Å². The van der Waals surface area contributed by atoms with E-state index in [-0.39, 0.29) is 37.8 Å². The molecule has 0 fully saturated rings. The number of nitrogen functional groups attached to an aromatic ring is 4. The Bertz CT molecular complexity index is 4440. The van der Waals surface area contributed by atoms with Crippen molar-refractivity contribution in [2.75, 3.05) is 35.4 Å². The smallest absolute Gasteiger partial charge is 0.534 e. The number of H-pyrrole nitrogens is 1. The maximum Gasteiger partial charge on any atom is 0.534 e. The number of aliphatic carboxylic acids is 2. The van der Waals surface area contributed by atoms with Crippen LogP contribution in [-0.2, 0) is 26.3 Å². The number of carboxylic acids is 2. The molecule has 8 heterocycles. The number of primary amides is 3. The molecule has 10 aromatic rings. The van der Waals surface area contributed by atoms with Crippen molar-refractivity contribution >= 4 is 166 Å². The molecule has 0 atom stereocenters. The molecule has 0 aliphatic carbocycles. The van der Waals surface area contributed by atoms with Crippen LogP contribution in [-0.4, -0.2) is 87.8 Å². The predicted molar refractivity (Wildman–Crippen MR) is 319 cm³/mol. The van der Waals surface area contributed by atoms with Crippen molar-refractivity contribution in [2.24, 2.45) is 17.2 Å². The number of carbonyl (C=O) groups is 6. The average molecular weight is 1340 g/mol. The monoisotopic (exact) mass is 1340 g/mol. The number of hydrogen-bond donors (Lipinski definition) is 11. The number of aromatic nitrogens is 4. The number of nitrogens with zero attached hydrogens (tertiary/aromatic N) is 3. The van der Waals surface area contributed by atoms with E-state index in [2.05, 4.69) is 35.2 Å². The third-order valence-electron chi connectivity index (χ3n) is 10.7. The zero-order valence-electron chi connectivity index (χ0n) is 45.2. The quantitative estimate of drug-likeness (QED) is 0.0412. The van der Waals surface area contributed by atoms with Gasteiger partial charge < -0.3 is 79.1 Å². The highest BCUT2D eigenvalue weighted by molar-refractivity contribution is 7.88. The van der Waals surface area contributed by atoms with Gasteiger partial charge in [0.2, 0.25) is 0 Å². The molecule has 0 unspecified atom stereocenters. The van der Waals surface area contributed by atoms with Crippen LogP contribution in [0.15, 0.2) is 108 Å². The van der Waals surface area contributed by atoms with Crippen molar-refractivity contribution in [3.63, 3.8) is 0 Å². The number of anilines is 6. The van der Waals surface area contributed by atoms with Crippen molar-refractivity contribution in [3.05, 3.63) is 139 Å². The number of amides is 4. The number of carbonyl (C=O) groups excluding carboxylic acids is 5. The molecule has 470 valence electrons. The van der Waals surface area contributed by atoms with Gasteiger partial charge in [-0.05, 0) is 48.9 Å². The first kappa shape index (κ1) is 69.4. The van der Waals surface area contributed by atoms with E-state index >= 15 is 0 Å². The number of carboxylic acid groups (broad SMARTS) is 2. The highest BCUT2D eigenvalue weighted by atomic mass is 32.2. The minimum Gasteiger partial charge on any atom is -0.550 e. The Labute approximate surface area is 510 Å². The van der Waals surface area contributed by atoms with Gasteiger partial charge in [-0.25, -0.2) is 24.5 Å². The lowest BCUT2D eigenvalue weighted by molar-refractivity contribution is -0.302. The second kappa shape index (κ2) is 29.3. The van der Waals surface area contributed by atoms with Crippen LogP contribution in [0.4, 0.5) is 60.5 Å². The second-order valence-corrected chi connectivity index (χ2v) is 22.4. The third-order valence-corrected chi connectivity index (χ3v) is 16.2. The first-order valence-electron chi connectivity index (χ1n) is 23.8. The summed E-state index contributed by atoms with van der Waals surface area (Å²) in [4.78, 5) is 92.0. The fourth-order valence-electron chi connectivity index (χ4n) is 6.92. The normalized spacial score (nSPS) is 10.9. The van der Waals surface area contributed by atoms with E-state index < -0.39 is 57.2 Å². The van der Waals surface area contributed by atoms with Gasteiger partial charge in [0.25, 0.3) is 17.7 Å². The summed E-state index contributed by atoms with van der Waals surface area (Å²) in [6.45, 7) is 1.34. The molecule has 27 nitrogen and oxygen atoms in total. The van der Waals surface area contributed by atoms with E-state index in [4.69, 9.17) is 69.4 Å². The van der Waals surface area contributed by atoms with Crippen LogP contribution in [0.3, 0.4) is 0 Å². The lowest BCUT2D eigenvalue weighted by atomic mass is 10.2. The topological polar surface area (TPSA) is 501 Å². The van der Waals surface area contributed by atoms with Gasteiger partial charge in [-0.2, -0.15) is 34.8 Å². The van der Waals surface area contributed by atoms with Crippen molar-refractivity contribution in [2.45, 2.75) is 25.2 Å². The maximum atomic E-state index is 12.3. The van der Waals surface area contributed by atoms with Gasteiger partial charge in [0.1, 0.15) is 52.1 Å². The molecule has 0 radical (unpaired) electrons. The number of quaternary nitrogens is 1. The van der Waals surface area contributed by atoms with Crippen LogP contribution in [0, 0.1) is 0 Å². The van der Waals surface area contributed by atoms with Gasteiger partial charge in [-0.3, -0.25) is 24.9 Å². The molecule has 8 aromatic heterocycles. The fourth-order valence-corrected chi connectivity index (χ4v) is 11.2. The van der Waals surface area contributed by atoms with Crippen LogP contribution < -0.4 is 75.4 Å². The van der Waals surface area contributed by atoms with Crippen LogP contribution in [0.25, 0.3) is 40.9 Å². The van der Waals surface area contributed by atoms with Crippen molar-refractivity contribution < 1.29 is 93.1 Å².